The Hall–Kier alpha value is -2.50. The van der Waals surface area contributed by atoms with Crippen LogP contribution in [0, 0.1) is 0 Å². The SMILES string of the molecule is CCCc1nc2nc3ccccc3nc2n1C(=O)OC. The number of aromatic nitrogens is 4. The minimum atomic E-state index is -0.486. The second kappa shape index (κ2) is 4.88. The van der Waals surface area contributed by atoms with Crippen LogP contribution < -0.4 is 0 Å². The lowest BCUT2D eigenvalue weighted by molar-refractivity contribution is 0.173. The number of carbonyl (C=O) groups is 1. The van der Waals surface area contributed by atoms with Gasteiger partial charge in [-0.15, -0.1) is 0 Å². The summed E-state index contributed by atoms with van der Waals surface area (Å²) in [5.41, 5.74) is 2.40. The second-order valence-corrected chi connectivity index (χ2v) is 4.44. The van der Waals surface area contributed by atoms with Crippen LogP contribution in [-0.4, -0.2) is 32.7 Å². The van der Waals surface area contributed by atoms with Gasteiger partial charge in [0.2, 0.25) is 0 Å². The molecule has 0 atom stereocenters. The molecule has 20 heavy (non-hydrogen) atoms. The molecule has 0 fully saturated rings. The molecular formula is C14H14N4O2. The largest absolute Gasteiger partial charge is 0.452 e. The maximum atomic E-state index is 12.0. The molecule has 0 N–H and O–H groups in total. The number of benzene rings is 1. The van der Waals surface area contributed by atoms with Gasteiger partial charge in [-0.1, -0.05) is 19.1 Å². The minimum Gasteiger partial charge on any atom is -0.452 e. The molecule has 0 bridgehead atoms. The number of rotatable bonds is 2. The third-order valence-corrected chi connectivity index (χ3v) is 3.07. The lowest BCUT2D eigenvalue weighted by atomic mass is 10.3. The molecule has 0 amide bonds. The zero-order valence-corrected chi connectivity index (χ0v) is 11.3. The number of nitrogens with zero attached hydrogens (tertiary/aromatic N) is 4. The Morgan fingerprint density at radius 2 is 1.90 bits per heavy atom. The summed E-state index contributed by atoms with van der Waals surface area (Å²) in [5, 5.41) is 0. The van der Waals surface area contributed by atoms with Gasteiger partial charge in [-0.05, 0) is 18.6 Å². The Kier molecular flexibility index (Phi) is 3.06. The summed E-state index contributed by atoms with van der Waals surface area (Å²) in [4.78, 5) is 25.3. The van der Waals surface area contributed by atoms with Crippen molar-refractivity contribution in [2.45, 2.75) is 19.8 Å². The monoisotopic (exact) mass is 270 g/mol. The number of para-hydroxylation sites is 2. The average Bonchev–Trinajstić information content (AvgIpc) is 2.81. The maximum absolute atomic E-state index is 12.0. The van der Waals surface area contributed by atoms with E-state index in [-0.39, 0.29) is 0 Å². The first-order chi connectivity index (χ1) is 9.74. The molecule has 2 aromatic heterocycles. The Morgan fingerprint density at radius 3 is 2.55 bits per heavy atom. The summed E-state index contributed by atoms with van der Waals surface area (Å²) in [6.45, 7) is 2.03. The van der Waals surface area contributed by atoms with Gasteiger partial charge in [0, 0.05) is 6.42 Å². The van der Waals surface area contributed by atoms with Crippen LogP contribution in [0.15, 0.2) is 24.3 Å². The van der Waals surface area contributed by atoms with Crippen molar-refractivity contribution in [3.05, 3.63) is 30.1 Å². The summed E-state index contributed by atoms with van der Waals surface area (Å²) in [6, 6.07) is 7.51. The first-order valence-electron chi connectivity index (χ1n) is 6.47. The fourth-order valence-electron chi connectivity index (χ4n) is 2.18. The van der Waals surface area contributed by atoms with Crippen molar-refractivity contribution in [2.24, 2.45) is 0 Å². The average molecular weight is 270 g/mol. The van der Waals surface area contributed by atoms with Gasteiger partial charge in [0.05, 0.1) is 18.1 Å². The summed E-state index contributed by atoms with van der Waals surface area (Å²) in [6.07, 6.45) is 1.06. The normalized spacial score (nSPS) is 11.1. The van der Waals surface area contributed by atoms with Gasteiger partial charge in [0.25, 0.3) is 0 Å². The van der Waals surface area contributed by atoms with Crippen LogP contribution >= 0.6 is 0 Å². The smallest absolute Gasteiger partial charge is 0.420 e. The number of hydrogen-bond donors (Lipinski definition) is 0. The molecule has 102 valence electrons. The predicted molar refractivity (Wildman–Crippen MR) is 74.6 cm³/mol. The van der Waals surface area contributed by atoms with Crippen molar-refractivity contribution in [2.75, 3.05) is 7.11 Å². The molecule has 6 nitrogen and oxygen atoms in total. The highest BCUT2D eigenvalue weighted by Crippen LogP contribution is 2.18. The summed E-state index contributed by atoms with van der Waals surface area (Å²) in [7, 11) is 1.35. The molecule has 0 spiro atoms. The Bertz CT molecular complexity index is 794. The Balaban J connectivity index is 2.33. The summed E-state index contributed by atoms with van der Waals surface area (Å²) < 4.78 is 6.22. The van der Waals surface area contributed by atoms with Gasteiger partial charge < -0.3 is 4.74 Å². The number of aryl methyl sites for hydroxylation is 1. The Morgan fingerprint density at radius 1 is 1.20 bits per heavy atom. The summed E-state index contributed by atoms with van der Waals surface area (Å²) in [5.74, 6) is 0.629. The first-order valence-corrected chi connectivity index (χ1v) is 6.47. The standard InChI is InChI=1S/C14H14N4O2/c1-3-6-11-17-12-13(18(11)14(19)20-2)16-10-8-5-4-7-9(10)15-12/h4-5,7-8H,3,6H2,1-2H3. The molecule has 0 saturated heterocycles. The van der Waals surface area contributed by atoms with E-state index in [0.717, 1.165) is 17.5 Å². The molecule has 3 aromatic rings. The van der Waals surface area contributed by atoms with E-state index in [1.807, 2.05) is 31.2 Å². The van der Waals surface area contributed by atoms with Crippen molar-refractivity contribution in [3.63, 3.8) is 0 Å². The number of imidazole rings is 1. The first kappa shape index (κ1) is 12.5. The second-order valence-electron chi connectivity index (χ2n) is 4.44. The highest BCUT2D eigenvalue weighted by atomic mass is 16.5. The summed E-state index contributed by atoms with van der Waals surface area (Å²) >= 11 is 0. The fourth-order valence-corrected chi connectivity index (χ4v) is 2.18. The molecule has 3 rings (SSSR count). The molecule has 2 heterocycles. The van der Waals surface area contributed by atoms with Gasteiger partial charge >= 0.3 is 6.09 Å². The number of ether oxygens (including phenoxy) is 1. The highest BCUT2D eigenvalue weighted by molar-refractivity contribution is 5.88. The number of fused-ring (bicyclic) bond motifs is 2. The van der Waals surface area contributed by atoms with Gasteiger partial charge in [0.15, 0.2) is 11.3 Å². The van der Waals surface area contributed by atoms with E-state index in [0.29, 0.717) is 23.5 Å². The zero-order valence-electron chi connectivity index (χ0n) is 11.3. The van der Waals surface area contributed by atoms with Crippen molar-refractivity contribution < 1.29 is 9.53 Å². The Labute approximate surface area is 115 Å². The fraction of sp³-hybridized carbons (Fsp3) is 0.286. The number of hydrogen-bond acceptors (Lipinski definition) is 5. The van der Waals surface area contributed by atoms with E-state index >= 15 is 0 Å². The molecular weight excluding hydrogens is 256 g/mol. The van der Waals surface area contributed by atoms with E-state index in [2.05, 4.69) is 15.0 Å². The van der Waals surface area contributed by atoms with Gasteiger partial charge in [-0.25, -0.2) is 24.3 Å². The van der Waals surface area contributed by atoms with Gasteiger partial charge in [0.1, 0.15) is 5.82 Å². The van der Waals surface area contributed by atoms with Crippen LogP contribution in [0.25, 0.3) is 22.3 Å². The van der Waals surface area contributed by atoms with Gasteiger partial charge in [-0.3, -0.25) is 0 Å². The van der Waals surface area contributed by atoms with Crippen molar-refractivity contribution in [3.8, 4) is 0 Å². The molecule has 0 unspecified atom stereocenters. The zero-order chi connectivity index (χ0) is 14.1. The molecule has 0 radical (unpaired) electrons. The van der Waals surface area contributed by atoms with E-state index in [1.54, 1.807) is 0 Å². The van der Waals surface area contributed by atoms with E-state index in [1.165, 1.54) is 11.7 Å². The lowest BCUT2D eigenvalue weighted by Gasteiger charge is -2.04. The third-order valence-electron chi connectivity index (χ3n) is 3.07. The van der Waals surface area contributed by atoms with E-state index in [4.69, 9.17) is 4.74 Å². The number of methoxy groups -OCH3 is 1. The van der Waals surface area contributed by atoms with E-state index in [9.17, 15) is 4.79 Å². The molecule has 0 aliphatic rings. The topological polar surface area (TPSA) is 69.9 Å². The quantitative estimate of drug-likeness (QED) is 0.715. The lowest BCUT2D eigenvalue weighted by Crippen LogP contribution is -2.15. The maximum Gasteiger partial charge on any atom is 0.420 e. The van der Waals surface area contributed by atoms with Crippen LogP contribution in [0.3, 0.4) is 0 Å². The van der Waals surface area contributed by atoms with Crippen molar-refractivity contribution >= 4 is 28.4 Å². The van der Waals surface area contributed by atoms with Gasteiger partial charge in [-0.2, -0.15) is 0 Å². The molecule has 0 saturated carbocycles. The van der Waals surface area contributed by atoms with E-state index < -0.39 is 6.09 Å². The van der Waals surface area contributed by atoms with Crippen molar-refractivity contribution in [1.29, 1.82) is 0 Å². The molecule has 0 aliphatic heterocycles. The third kappa shape index (κ3) is 1.89. The van der Waals surface area contributed by atoms with Crippen LogP contribution in [0.2, 0.25) is 0 Å². The molecule has 6 heteroatoms. The predicted octanol–water partition coefficient (Wildman–Crippen LogP) is 2.55. The van der Waals surface area contributed by atoms with Crippen LogP contribution in [0.1, 0.15) is 19.2 Å². The van der Waals surface area contributed by atoms with Crippen LogP contribution in [0.5, 0.6) is 0 Å². The van der Waals surface area contributed by atoms with Crippen LogP contribution in [-0.2, 0) is 11.2 Å². The van der Waals surface area contributed by atoms with Crippen molar-refractivity contribution in [1.82, 2.24) is 19.5 Å². The molecule has 1 aromatic carbocycles. The minimum absolute atomic E-state index is 0.444. The number of carbonyl (C=O) groups excluding carboxylic acids is 1. The highest BCUT2D eigenvalue weighted by Gasteiger charge is 2.19. The molecule has 0 aliphatic carbocycles. The van der Waals surface area contributed by atoms with Crippen LogP contribution in [0.4, 0.5) is 4.79 Å².